The van der Waals surface area contributed by atoms with E-state index in [1.54, 1.807) is 12.1 Å². The van der Waals surface area contributed by atoms with E-state index >= 15 is 0 Å². The predicted molar refractivity (Wildman–Crippen MR) is 80.3 cm³/mol. The third-order valence-electron chi connectivity index (χ3n) is 4.62. The Morgan fingerprint density at radius 1 is 0.800 bits per heavy atom. The number of phenolic OH excluding ortho intramolecular Hbond substituents is 2. The second-order valence-electron chi connectivity index (χ2n) is 6.61. The first-order valence-electron chi connectivity index (χ1n) is 6.98. The van der Waals surface area contributed by atoms with Gasteiger partial charge in [-0.05, 0) is 29.5 Å². The first-order valence-corrected chi connectivity index (χ1v) is 6.98. The van der Waals surface area contributed by atoms with Crippen LogP contribution < -0.4 is 0 Å². The van der Waals surface area contributed by atoms with Crippen molar-refractivity contribution in [1.82, 2.24) is 0 Å². The Bertz CT molecular complexity index is 673. The molecule has 2 nitrogen and oxygen atoms in total. The van der Waals surface area contributed by atoms with Crippen molar-refractivity contribution in [3.63, 3.8) is 0 Å². The molecule has 0 aromatic heterocycles. The minimum Gasteiger partial charge on any atom is -0.508 e. The second kappa shape index (κ2) is 4.02. The van der Waals surface area contributed by atoms with Gasteiger partial charge in [-0.1, -0.05) is 51.1 Å². The maximum absolute atomic E-state index is 10.4. The van der Waals surface area contributed by atoms with Gasteiger partial charge < -0.3 is 10.2 Å². The van der Waals surface area contributed by atoms with Crippen LogP contribution in [0, 0.1) is 0 Å². The van der Waals surface area contributed by atoms with Gasteiger partial charge in [0.25, 0.3) is 0 Å². The molecule has 2 heteroatoms. The summed E-state index contributed by atoms with van der Waals surface area (Å²) in [6.07, 6.45) is 0.866. The highest BCUT2D eigenvalue weighted by atomic mass is 16.3. The highest BCUT2D eigenvalue weighted by Crippen LogP contribution is 2.56. The SMILES string of the molecule is CC1(C)CC(C)(c2ccccc2O)c2c(O)cccc21. The maximum Gasteiger partial charge on any atom is 0.119 e. The molecule has 0 aliphatic heterocycles. The van der Waals surface area contributed by atoms with Gasteiger partial charge in [0.05, 0.1) is 0 Å². The van der Waals surface area contributed by atoms with Crippen molar-refractivity contribution in [2.75, 3.05) is 0 Å². The third-order valence-corrected chi connectivity index (χ3v) is 4.62. The van der Waals surface area contributed by atoms with Crippen LogP contribution in [0.2, 0.25) is 0 Å². The Balaban J connectivity index is 2.31. The lowest BCUT2D eigenvalue weighted by Crippen LogP contribution is -2.23. The molecule has 20 heavy (non-hydrogen) atoms. The Labute approximate surface area is 119 Å². The first-order chi connectivity index (χ1) is 9.36. The molecule has 0 heterocycles. The molecule has 0 amide bonds. The zero-order chi connectivity index (χ0) is 14.5. The van der Waals surface area contributed by atoms with E-state index < -0.39 is 0 Å². The first kappa shape index (κ1) is 13.0. The standard InChI is InChI=1S/C18H20O2/c1-17(2)11-18(3,12-7-4-5-9-14(12)19)16-13(17)8-6-10-15(16)20/h4-10,19-20H,11H2,1-3H3. The molecule has 104 valence electrons. The molecule has 0 radical (unpaired) electrons. The number of benzene rings is 2. The van der Waals surface area contributed by atoms with E-state index in [0.29, 0.717) is 11.5 Å². The van der Waals surface area contributed by atoms with E-state index in [1.807, 2.05) is 24.3 Å². The normalized spacial score (nSPS) is 23.6. The van der Waals surface area contributed by atoms with Gasteiger partial charge in [0.15, 0.2) is 0 Å². The summed E-state index contributed by atoms with van der Waals surface area (Å²) >= 11 is 0. The highest BCUT2D eigenvalue weighted by Gasteiger charge is 2.48. The van der Waals surface area contributed by atoms with Crippen molar-refractivity contribution in [2.24, 2.45) is 0 Å². The molecule has 2 N–H and O–H groups in total. The molecule has 0 saturated heterocycles. The molecule has 1 unspecified atom stereocenters. The van der Waals surface area contributed by atoms with Crippen LogP contribution in [0.4, 0.5) is 0 Å². The summed E-state index contributed by atoms with van der Waals surface area (Å²) in [6, 6.07) is 13.1. The zero-order valence-electron chi connectivity index (χ0n) is 12.1. The minimum atomic E-state index is -0.366. The Kier molecular flexibility index (Phi) is 2.62. The van der Waals surface area contributed by atoms with Crippen LogP contribution in [0.3, 0.4) is 0 Å². The summed E-state index contributed by atoms with van der Waals surface area (Å²) in [5, 5.41) is 20.6. The van der Waals surface area contributed by atoms with E-state index in [9.17, 15) is 10.2 Å². The van der Waals surface area contributed by atoms with E-state index in [4.69, 9.17) is 0 Å². The topological polar surface area (TPSA) is 40.5 Å². The Morgan fingerprint density at radius 3 is 2.10 bits per heavy atom. The molecule has 0 bridgehead atoms. The van der Waals surface area contributed by atoms with E-state index in [2.05, 4.69) is 26.8 Å². The van der Waals surface area contributed by atoms with Crippen molar-refractivity contribution in [2.45, 2.75) is 38.0 Å². The minimum absolute atomic E-state index is 0.0227. The van der Waals surface area contributed by atoms with Crippen LogP contribution in [0.5, 0.6) is 11.5 Å². The van der Waals surface area contributed by atoms with Crippen LogP contribution in [0.15, 0.2) is 42.5 Å². The van der Waals surface area contributed by atoms with Crippen molar-refractivity contribution < 1.29 is 10.2 Å². The van der Waals surface area contributed by atoms with Crippen LogP contribution >= 0.6 is 0 Å². The number of hydrogen-bond donors (Lipinski definition) is 2. The molecule has 0 fully saturated rings. The van der Waals surface area contributed by atoms with Crippen molar-refractivity contribution in [3.8, 4) is 11.5 Å². The maximum atomic E-state index is 10.4. The van der Waals surface area contributed by atoms with Crippen molar-refractivity contribution in [3.05, 3.63) is 59.2 Å². The fraction of sp³-hybridized carbons (Fsp3) is 0.333. The lowest BCUT2D eigenvalue weighted by atomic mass is 9.74. The summed E-state index contributed by atoms with van der Waals surface area (Å²) in [6.45, 7) is 6.49. The van der Waals surface area contributed by atoms with Crippen LogP contribution in [-0.2, 0) is 10.8 Å². The van der Waals surface area contributed by atoms with Crippen LogP contribution in [0.25, 0.3) is 0 Å². The van der Waals surface area contributed by atoms with Crippen LogP contribution in [-0.4, -0.2) is 10.2 Å². The summed E-state index contributed by atoms with van der Waals surface area (Å²) in [5.74, 6) is 0.612. The van der Waals surface area contributed by atoms with Crippen molar-refractivity contribution >= 4 is 0 Å². The predicted octanol–water partition coefficient (Wildman–Crippen LogP) is 4.09. The number of aromatic hydroxyl groups is 2. The smallest absolute Gasteiger partial charge is 0.119 e. The molecule has 3 rings (SSSR count). The lowest BCUT2D eigenvalue weighted by molar-refractivity contribution is 0.392. The van der Waals surface area contributed by atoms with Gasteiger partial charge in [0.1, 0.15) is 11.5 Å². The number of para-hydroxylation sites is 1. The number of phenols is 2. The van der Waals surface area contributed by atoms with E-state index in [1.165, 1.54) is 5.56 Å². The summed E-state index contributed by atoms with van der Waals surface area (Å²) in [5.41, 5.74) is 2.61. The molecular formula is C18H20O2. The monoisotopic (exact) mass is 268 g/mol. The molecular weight excluding hydrogens is 248 g/mol. The van der Waals surface area contributed by atoms with E-state index in [-0.39, 0.29) is 10.8 Å². The van der Waals surface area contributed by atoms with Gasteiger partial charge in [-0.2, -0.15) is 0 Å². The average molecular weight is 268 g/mol. The van der Waals surface area contributed by atoms with Gasteiger partial charge in [-0.15, -0.1) is 0 Å². The number of fused-ring (bicyclic) bond motifs is 1. The van der Waals surface area contributed by atoms with Gasteiger partial charge in [0, 0.05) is 16.5 Å². The largest absolute Gasteiger partial charge is 0.508 e. The van der Waals surface area contributed by atoms with E-state index in [0.717, 1.165) is 17.5 Å². The molecule has 1 aliphatic carbocycles. The lowest BCUT2D eigenvalue weighted by Gasteiger charge is -2.29. The Morgan fingerprint density at radius 2 is 1.40 bits per heavy atom. The zero-order valence-corrected chi connectivity index (χ0v) is 12.1. The van der Waals surface area contributed by atoms with Gasteiger partial charge in [-0.3, -0.25) is 0 Å². The third kappa shape index (κ3) is 1.64. The number of rotatable bonds is 1. The molecule has 2 aromatic carbocycles. The fourth-order valence-electron chi connectivity index (χ4n) is 3.92. The van der Waals surface area contributed by atoms with Gasteiger partial charge in [0.2, 0.25) is 0 Å². The number of hydrogen-bond acceptors (Lipinski definition) is 2. The summed E-state index contributed by atoms with van der Waals surface area (Å²) in [4.78, 5) is 0. The van der Waals surface area contributed by atoms with Gasteiger partial charge in [-0.25, -0.2) is 0 Å². The van der Waals surface area contributed by atoms with Crippen molar-refractivity contribution in [1.29, 1.82) is 0 Å². The Hall–Kier alpha value is -1.96. The summed E-state index contributed by atoms with van der Waals surface area (Å²) < 4.78 is 0. The fourth-order valence-corrected chi connectivity index (χ4v) is 3.92. The average Bonchev–Trinajstić information content (AvgIpc) is 2.59. The molecule has 0 spiro atoms. The van der Waals surface area contributed by atoms with Gasteiger partial charge >= 0.3 is 0 Å². The highest BCUT2D eigenvalue weighted by molar-refractivity contribution is 5.59. The molecule has 2 aromatic rings. The van der Waals surface area contributed by atoms with Crippen LogP contribution in [0.1, 0.15) is 43.9 Å². The quantitative estimate of drug-likeness (QED) is 0.818. The summed E-state index contributed by atoms with van der Waals surface area (Å²) in [7, 11) is 0. The molecule has 1 aliphatic rings. The molecule has 1 atom stereocenters. The molecule has 0 saturated carbocycles. The second-order valence-corrected chi connectivity index (χ2v) is 6.61.